The SMILES string of the molecule is CCN(C)C=Nc1cc(C)c(Sc2cccc(OC(F)C(F)F)c2)cc1C. The van der Waals surface area contributed by atoms with Crippen molar-refractivity contribution >= 4 is 23.8 Å². The summed E-state index contributed by atoms with van der Waals surface area (Å²) in [6.45, 7) is 6.89. The topological polar surface area (TPSA) is 24.8 Å². The Bertz CT molecular complexity index is 799. The van der Waals surface area contributed by atoms with Crippen LogP contribution in [0.2, 0.25) is 0 Å². The van der Waals surface area contributed by atoms with Crippen molar-refractivity contribution in [2.75, 3.05) is 13.6 Å². The smallest absolute Gasteiger partial charge is 0.304 e. The van der Waals surface area contributed by atoms with Crippen LogP contribution in [0.3, 0.4) is 0 Å². The van der Waals surface area contributed by atoms with Gasteiger partial charge in [0.2, 0.25) is 0 Å². The van der Waals surface area contributed by atoms with Crippen LogP contribution in [0, 0.1) is 13.8 Å². The predicted octanol–water partition coefficient (Wildman–Crippen LogP) is 6.01. The lowest BCUT2D eigenvalue weighted by Crippen LogP contribution is -2.19. The molecule has 0 aliphatic carbocycles. The zero-order chi connectivity index (χ0) is 20.0. The Labute approximate surface area is 162 Å². The molecule has 2 rings (SSSR count). The molecule has 0 bridgehead atoms. The largest absolute Gasteiger partial charge is 0.454 e. The van der Waals surface area contributed by atoms with Crippen molar-refractivity contribution in [1.82, 2.24) is 4.90 Å². The van der Waals surface area contributed by atoms with Gasteiger partial charge in [0.1, 0.15) is 5.75 Å². The zero-order valence-corrected chi connectivity index (χ0v) is 16.6. The van der Waals surface area contributed by atoms with Crippen LogP contribution in [0.25, 0.3) is 0 Å². The molecular weight excluding hydrogens is 373 g/mol. The number of hydrogen-bond donors (Lipinski definition) is 0. The van der Waals surface area contributed by atoms with E-state index in [9.17, 15) is 13.2 Å². The Balaban J connectivity index is 2.18. The molecule has 0 saturated heterocycles. The first kappa shape index (κ1) is 21.2. The summed E-state index contributed by atoms with van der Waals surface area (Å²) in [5, 5.41) is 0. The number of halogens is 3. The molecule has 0 amide bonds. The van der Waals surface area contributed by atoms with Crippen molar-refractivity contribution in [3.63, 3.8) is 0 Å². The van der Waals surface area contributed by atoms with Gasteiger partial charge in [-0.2, -0.15) is 4.39 Å². The molecule has 0 aromatic heterocycles. The maximum atomic E-state index is 13.1. The maximum absolute atomic E-state index is 13.1. The number of benzene rings is 2. The van der Waals surface area contributed by atoms with E-state index >= 15 is 0 Å². The van der Waals surface area contributed by atoms with E-state index in [1.165, 1.54) is 17.8 Å². The number of hydrogen-bond acceptors (Lipinski definition) is 3. The zero-order valence-electron chi connectivity index (χ0n) is 15.7. The fourth-order valence-corrected chi connectivity index (χ4v) is 3.22. The second-order valence-corrected chi connectivity index (χ2v) is 7.22. The molecule has 0 fully saturated rings. The van der Waals surface area contributed by atoms with Crippen LogP contribution in [0.1, 0.15) is 18.1 Å². The molecule has 0 radical (unpaired) electrons. The fourth-order valence-electron chi connectivity index (χ4n) is 2.19. The van der Waals surface area contributed by atoms with Crippen molar-refractivity contribution in [3.8, 4) is 5.75 Å². The number of nitrogens with zero attached hydrogens (tertiary/aromatic N) is 2. The summed E-state index contributed by atoms with van der Waals surface area (Å²) in [6, 6.07) is 10.5. The summed E-state index contributed by atoms with van der Waals surface area (Å²) in [5.41, 5.74) is 2.96. The predicted molar refractivity (Wildman–Crippen MR) is 104 cm³/mol. The van der Waals surface area contributed by atoms with Gasteiger partial charge in [-0.3, -0.25) is 0 Å². The van der Waals surface area contributed by atoms with E-state index < -0.39 is 12.8 Å². The minimum atomic E-state index is -3.17. The molecular formula is C20H23F3N2OS. The Morgan fingerprint density at radius 3 is 2.56 bits per heavy atom. The van der Waals surface area contributed by atoms with Crippen molar-refractivity contribution < 1.29 is 17.9 Å². The van der Waals surface area contributed by atoms with Crippen LogP contribution >= 0.6 is 11.8 Å². The van der Waals surface area contributed by atoms with Gasteiger partial charge in [0.05, 0.1) is 12.0 Å². The first-order valence-electron chi connectivity index (χ1n) is 8.52. The van der Waals surface area contributed by atoms with E-state index in [-0.39, 0.29) is 5.75 Å². The molecule has 1 atom stereocenters. The Morgan fingerprint density at radius 2 is 1.89 bits per heavy atom. The average molecular weight is 396 g/mol. The molecule has 0 heterocycles. The van der Waals surface area contributed by atoms with E-state index in [1.54, 1.807) is 18.5 Å². The molecule has 2 aromatic carbocycles. The third-order valence-corrected chi connectivity index (χ3v) is 5.02. The normalized spacial score (nSPS) is 12.6. The van der Waals surface area contributed by atoms with Crippen LogP contribution in [-0.2, 0) is 0 Å². The van der Waals surface area contributed by atoms with Crippen molar-refractivity contribution in [2.45, 2.75) is 43.3 Å². The lowest BCUT2D eigenvalue weighted by Gasteiger charge is -2.13. The molecule has 27 heavy (non-hydrogen) atoms. The first-order chi connectivity index (χ1) is 12.8. The molecule has 3 nitrogen and oxygen atoms in total. The quantitative estimate of drug-likeness (QED) is 0.404. The number of aliphatic imine (C=N–C) groups is 1. The van der Waals surface area contributed by atoms with Gasteiger partial charge >= 0.3 is 6.43 Å². The Hall–Kier alpha value is -2.15. The van der Waals surface area contributed by atoms with E-state index in [1.807, 2.05) is 50.9 Å². The number of aryl methyl sites for hydroxylation is 2. The summed E-state index contributed by atoms with van der Waals surface area (Å²) in [5.74, 6) is 0.0750. The van der Waals surface area contributed by atoms with Gasteiger partial charge in [-0.05, 0) is 62.2 Å². The van der Waals surface area contributed by atoms with Crippen molar-refractivity contribution in [1.29, 1.82) is 0 Å². The highest BCUT2D eigenvalue weighted by Gasteiger charge is 2.20. The Kier molecular flexibility index (Phi) is 7.59. The average Bonchev–Trinajstić information content (AvgIpc) is 2.63. The highest BCUT2D eigenvalue weighted by Crippen LogP contribution is 2.35. The molecule has 7 heteroatoms. The van der Waals surface area contributed by atoms with Gasteiger partial charge in [0.15, 0.2) is 0 Å². The van der Waals surface area contributed by atoms with Crippen molar-refractivity contribution in [3.05, 3.63) is 47.5 Å². The van der Waals surface area contributed by atoms with E-state index in [2.05, 4.69) is 9.73 Å². The minimum Gasteiger partial charge on any atom is -0.454 e. The van der Waals surface area contributed by atoms with Crippen LogP contribution in [-0.4, -0.2) is 37.6 Å². The number of rotatable bonds is 8. The minimum absolute atomic E-state index is 0.0750. The Morgan fingerprint density at radius 1 is 1.15 bits per heavy atom. The summed E-state index contributed by atoms with van der Waals surface area (Å²) >= 11 is 1.46. The van der Waals surface area contributed by atoms with Crippen LogP contribution in [0.4, 0.5) is 18.9 Å². The second kappa shape index (κ2) is 9.69. The van der Waals surface area contributed by atoms with E-state index in [0.717, 1.165) is 33.2 Å². The molecule has 0 spiro atoms. The van der Waals surface area contributed by atoms with Crippen LogP contribution < -0.4 is 4.74 Å². The monoisotopic (exact) mass is 396 g/mol. The molecule has 0 saturated carbocycles. The lowest BCUT2D eigenvalue weighted by atomic mass is 10.1. The third kappa shape index (κ3) is 6.20. The maximum Gasteiger partial charge on any atom is 0.304 e. The van der Waals surface area contributed by atoms with Gasteiger partial charge in [-0.1, -0.05) is 17.8 Å². The highest BCUT2D eigenvalue weighted by molar-refractivity contribution is 7.99. The highest BCUT2D eigenvalue weighted by atomic mass is 32.2. The van der Waals surface area contributed by atoms with Crippen LogP contribution in [0.15, 0.2) is 51.2 Å². The molecule has 146 valence electrons. The van der Waals surface area contributed by atoms with Gasteiger partial charge in [-0.15, -0.1) is 0 Å². The molecule has 2 aromatic rings. The summed E-state index contributed by atoms with van der Waals surface area (Å²) in [4.78, 5) is 8.28. The van der Waals surface area contributed by atoms with Gasteiger partial charge in [0, 0.05) is 23.4 Å². The van der Waals surface area contributed by atoms with E-state index in [4.69, 9.17) is 0 Å². The van der Waals surface area contributed by atoms with Gasteiger partial charge < -0.3 is 9.64 Å². The van der Waals surface area contributed by atoms with Gasteiger partial charge in [-0.25, -0.2) is 13.8 Å². The second-order valence-electron chi connectivity index (χ2n) is 6.10. The molecule has 0 N–H and O–H groups in total. The van der Waals surface area contributed by atoms with Gasteiger partial charge in [0.25, 0.3) is 6.36 Å². The molecule has 0 aliphatic rings. The van der Waals surface area contributed by atoms with E-state index in [0.29, 0.717) is 0 Å². The molecule has 1 unspecified atom stereocenters. The van der Waals surface area contributed by atoms with Crippen LogP contribution in [0.5, 0.6) is 5.75 Å². The molecule has 0 aliphatic heterocycles. The third-order valence-electron chi connectivity index (χ3n) is 3.87. The van der Waals surface area contributed by atoms with Crippen molar-refractivity contribution in [2.24, 2.45) is 4.99 Å². The first-order valence-corrected chi connectivity index (χ1v) is 9.34. The fraction of sp³-hybridized carbons (Fsp3) is 0.350. The lowest BCUT2D eigenvalue weighted by molar-refractivity contribution is -0.0669. The summed E-state index contributed by atoms with van der Waals surface area (Å²) in [6.07, 6.45) is -4.01. The number of alkyl halides is 3. The standard InChI is InChI=1S/C20H23F3N2OS/c1-5-25(4)12-24-17-9-14(3)18(10-13(17)2)27-16-8-6-7-15(11-16)26-20(23)19(21)22/h6-12,19-20H,5H2,1-4H3. The summed E-state index contributed by atoms with van der Waals surface area (Å²) in [7, 11) is 1.96. The number of ether oxygens (including phenoxy) is 1. The summed E-state index contributed by atoms with van der Waals surface area (Å²) < 4.78 is 42.4.